The minimum absolute atomic E-state index is 0.762. The highest BCUT2D eigenvalue weighted by Gasteiger charge is 2.28. The summed E-state index contributed by atoms with van der Waals surface area (Å²) in [5.41, 5.74) is 7.29. The Bertz CT molecular complexity index is 647. The molecule has 0 aliphatic carbocycles. The summed E-state index contributed by atoms with van der Waals surface area (Å²) < 4.78 is 5.27. The summed E-state index contributed by atoms with van der Waals surface area (Å²) in [4.78, 5) is 6.81. The number of rotatable bonds is 7. The first-order valence-corrected chi connectivity index (χ1v) is 8.28. The zero-order valence-corrected chi connectivity index (χ0v) is 14.0. The predicted octanol–water partition coefficient (Wildman–Crippen LogP) is 1.13. The van der Waals surface area contributed by atoms with Gasteiger partial charge in [-0.2, -0.15) is 0 Å². The van der Waals surface area contributed by atoms with E-state index in [0.29, 0.717) is 0 Å². The lowest BCUT2D eigenvalue weighted by Crippen LogP contribution is -2.52. The molecule has 0 radical (unpaired) electrons. The van der Waals surface area contributed by atoms with Crippen LogP contribution in [0.5, 0.6) is 5.75 Å². The predicted molar refractivity (Wildman–Crippen MR) is 96.8 cm³/mol. The van der Waals surface area contributed by atoms with Gasteiger partial charge in [0.25, 0.3) is 0 Å². The second-order valence-electron chi connectivity index (χ2n) is 5.99. The molecule has 1 unspecified atom stereocenters. The van der Waals surface area contributed by atoms with Gasteiger partial charge in [-0.3, -0.25) is 10.6 Å². The number of methoxy groups -OCH3 is 1. The fourth-order valence-electron chi connectivity index (χ4n) is 2.85. The molecule has 0 saturated carbocycles. The maximum absolute atomic E-state index is 6.44. The Morgan fingerprint density at radius 2 is 2.21 bits per heavy atom. The van der Waals surface area contributed by atoms with Crippen LogP contribution in [0.3, 0.4) is 0 Å². The third-order valence-corrected chi connectivity index (χ3v) is 4.21. The molecule has 128 valence electrons. The van der Waals surface area contributed by atoms with Gasteiger partial charge >= 0.3 is 0 Å². The second kappa shape index (κ2) is 7.51. The number of benzene rings is 1. The van der Waals surface area contributed by atoms with Crippen LogP contribution in [0.15, 0.2) is 53.3 Å². The largest absolute Gasteiger partial charge is 0.497 e. The van der Waals surface area contributed by atoms with Crippen LogP contribution < -0.4 is 21.1 Å². The fourth-order valence-corrected chi connectivity index (χ4v) is 2.85. The molecule has 6 nitrogen and oxygen atoms in total. The summed E-state index contributed by atoms with van der Waals surface area (Å²) in [6.07, 6.45) is 9.15. The first-order valence-electron chi connectivity index (χ1n) is 8.28. The summed E-state index contributed by atoms with van der Waals surface area (Å²) in [6, 6.07) is 7.64. The number of nitrogens with two attached hydrogens (primary N) is 1. The van der Waals surface area contributed by atoms with Crippen molar-refractivity contribution in [2.45, 2.75) is 12.2 Å². The van der Waals surface area contributed by atoms with Crippen LogP contribution in [0.2, 0.25) is 0 Å². The number of hydrogen-bond acceptors (Lipinski definition) is 6. The van der Waals surface area contributed by atoms with Gasteiger partial charge in [-0.15, -0.1) is 0 Å². The maximum Gasteiger partial charge on any atom is 0.210 e. The maximum atomic E-state index is 6.44. The van der Waals surface area contributed by atoms with Gasteiger partial charge in [-0.25, -0.2) is 4.99 Å². The first-order chi connectivity index (χ1) is 11.7. The third kappa shape index (κ3) is 3.96. The molecular weight excluding hydrogens is 302 g/mol. The quantitative estimate of drug-likeness (QED) is 0.517. The van der Waals surface area contributed by atoms with E-state index in [1.807, 2.05) is 30.3 Å². The summed E-state index contributed by atoms with van der Waals surface area (Å²) in [5.74, 6) is 0.664. The average Bonchev–Trinajstić information content (AvgIpc) is 3.12. The molecule has 24 heavy (non-hydrogen) atoms. The number of allylic oxidation sites excluding steroid dienone is 1. The summed E-state index contributed by atoms with van der Waals surface area (Å²) in [5, 5.41) is 6.67. The lowest BCUT2D eigenvalue weighted by molar-refractivity contribution is 0.340. The summed E-state index contributed by atoms with van der Waals surface area (Å²) in [6.45, 7) is 4.10. The Hall–Kier alpha value is -2.31. The highest BCUT2D eigenvalue weighted by molar-refractivity contribution is 5.73. The van der Waals surface area contributed by atoms with Crippen molar-refractivity contribution in [2.75, 3.05) is 33.3 Å². The molecule has 0 aromatic heterocycles. The second-order valence-corrected chi connectivity index (χ2v) is 5.99. The van der Waals surface area contributed by atoms with Crippen LogP contribution in [0, 0.1) is 0 Å². The van der Waals surface area contributed by atoms with E-state index in [1.165, 1.54) is 0 Å². The Morgan fingerprint density at radius 3 is 3.00 bits per heavy atom. The van der Waals surface area contributed by atoms with Gasteiger partial charge in [-0.05, 0) is 24.6 Å². The number of nitrogens with one attached hydrogen (secondary N) is 2. The lowest BCUT2D eigenvalue weighted by atomic mass is 10.1. The molecule has 0 bridgehead atoms. The van der Waals surface area contributed by atoms with E-state index in [9.17, 15) is 0 Å². The smallest absolute Gasteiger partial charge is 0.210 e. The van der Waals surface area contributed by atoms with Gasteiger partial charge in [-0.1, -0.05) is 24.3 Å². The highest BCUT2D eigenvalue weighted by Crippen LogP contribution is 2.23. The van der Waals surface area contributed by atoms with Crippen LogP contribution in [0.4, 0.5) is 0 Å². The minimum atomic E-state index is -0.982. The molecular formula is C18H25N5O. The summed E-state index contributed by atoms with van der Waals surface area (Å²) in [7, 11) is 1.64. The highest BCUT2D eigenvalue weighted by atomic mass is 16.5. The van der Waals surface area contributed by atoms with Crippen LogP contribution in [0.1, 0.15) is 12.0 Å². The molecule has 3 rings (SSSR count). The molecule has 2 heterocycles. The van der Waals surface area contributed by atoms with Gasteiger partial charge in [0.05, 0.1) is 7.11 Å². The van der Waals surface area contributed by atoms with Crippen LogP contribution in [-0.2, 0) is 5.79 Å². The van der Waals surface area contributed by atoms with Gasteiger partial charge in [0, 0.05) is 38.0 Å². The van der Waals surface area contributed by atoms with E-state index >= 15 is 0 Å². The van der Waals surface area contributed by atoms with Crippen molar-refractivity contribution in [3.05, 3.63) is 53.9 Å². The van der Waals surface area contributed by atoms with Gasteiger partial charge < -0.3 is 15.4 Å². The van der Waals surface area contributed by atoms with Crippen LogP contribution in [0.25, 0.3) is 0 Å². The standard InChI is InChI=1S/C18H25N5O/c1-24-16-7-4-6-15(14-16)18(19)21-10-8-17(22-18)20-9-5-13-23-11-2-3-12-23/h2-4,6-8,10,14,20,22H,5,9,11-13,19H2,1H3. The SMILES string of the molecule is COc1cccc(C2(N)N=CC=C(NCCCN3CC=CC3)N2)c1. The van der Waals surface area contributed by atoms with Gasteiger partial charge in [0.15, 0.2) is 0 Å². The summed E-state index contributed by atoms with van der Waals surface area (Å²) >= 11 is 0. The number of ether oxygens (including phenoxy) is 1. The average molecular weight is 327 g/mol. The van der Waals surface area contributed by atoms with E-state index in [-0.39, 0.29) is 0 Å². The first kappa shape index (κ1) is 16.5. The Balaban J connectivity index is 1.53. The zero-order chi connectivity index (χ0) is 16.8. The third-order valence-electron chi connectivity index (χ3n) is 4.21. The molecule has 0 spiro atoms. The number of nitrogens with zero attached hydrogens (tertiary/aromatic N) is 2. The molecule has 0 amide bonds. The molecule has 0 fully saturated rings. The van der Waals surface area contributed by atoms with E-state index in [2.05, 4.69) is 32.7 Å². The van der Waals surface area contributed by atoms with Crippen molar-refractivity contribution < 1.29 is 4.74 Å². The molecule has 1 aromatic carbocycles. The molecule has 6 heteroatoms. The molecule has 2 aliphatic rings. The van der Waals surface area contributed by atoms with E-state index in [0.717, 1.165) is 49.7 Å². The molecule has 1 atom stereocenters. The Kier molecular flexibility index (Phi) is 5.17. The monoisotopic (exact) mass is 327 g/mol. The van der Waals surface area contributed by atoms with E-state index in [1.54, 1.807) is 13.3 Å². The lowest BCUT2D eigenvalue weighted by Gasteiger charge is -2.32. The van der Waals surface area contributed by atoms with Crippen molar-refractivity contribution in [2.24, 2.45) is 10.7 Å². The zero-order valence-electron chi connectivity index (χ0n) is 14.0. The van der Waals surface area contributed by atoms with Crippen LogP contribution in [-0.4, -0.2) is 44.4 Å². The molecule has 2 aliphatic heterocycles. The van der Waals surface area contributed by atoms with Gasteiger partial charge in [0.1, 0.15) is 11.6 Å². The van der Waals surface area contributed by atoms with Crippen molar-refractivity contribution in [3.63, 3.8) is 0 Å². The minimum Gasteiger partial charge on any atom is -0.497 e. The van der Waals surface area contributed by atoms with Crippen LogP contribution >= 0.6 is 0 Å². The Labute approximate surface area is 143 Å². The molecule has 1 aromatic rings. The number of aliphatic imine (C=N–C) groups is 1. The van der Waals surface area contributed by atoms with Crippen molar-refractivity contribution in [1.82, 2.24) is 15.5 Å². The van der Waals surface area contributed by atoms with Crippen molar-refractivity contribution in [3.8, 4) is 5.75 Å². The Morgan fingerprint density at radius 1 is 1.38 bits per heavy atom. The number of hydrogen-bond donors (Lipinski definition) is 3. The molecule has 4 N–H and O–H groups in total. The van der Waals surface area contributed by atoms with E-state index < -0.39 is 5.79 Å². The van der Waals surface area contributed by atoms with Crippen molar-refractivity contribution >= 4 is 6.21 Å². The van der Waals surface area contributed by atoms with Crippen molar-refractivity contribution in [1.29, 1.82) is 0 Å². The van der Waals surface area contributed by atoms with E-state index in [4.69, 9.17) is 10.5 Å². The van der Waals surface area contributed by atoms with Gasteiger partial charge in [0.2, 0.25) is 5.79 Å². The topological polar surface area (TPSA) is 74.9 Å². The fraction of sp³-hybridized carbons (Fsp3) is 0.389. The normalized spacial score (nSPS) is 23.0. The molecule has 0 saturated heterocycles.